The van der Waals surface area contributed by atoms with Crippen LogP contribution in [0.4, 0.5) is 0 Å². The van der Waals surface area contributed by atoms with Crippen LogP contribution in [0.5, 0.6) is 5.75 Å². The maximum atomic E-state index is 12.2. The van der Waals surface area contributed by atoms with Crippen LogP contribution < -0.4 is 10.1 Å². The van der Waals surface area contributed by atoms with Gasteiger partial charge in [-0.05, 0) is 37.8 Å². The minimum atomic E-state index is -0.901. The number of carboxylic acids is 1. The van der Waals surface area contributed by atoms with Crippen molar-refractivity contribution in [3.8, 4) is 5.75 Å². The molecule has 0 radical (unpaired) electrons. The Bertz CT molecular complexity index is 574. The second-order valence-corrected chi connectivity index (χ2v) is 6.24. The van der Waals surface area contributed by atoms with Gasteiger partial charge in [-0.2, -0.15) is 0 Å². The predicted octanol–water partition coefficient (Wildman–Crippen LogP) is 2.35. The van der Waals surface area contributed by atoms with Gasteiger partial charge in [0, 0.05) is 19.8 Å². The van der Waals surface area contributed by atoms with Crippen molar-refractivity contribution in [3.05, 3.63) is 29.3 Å². The highest BCUT2D eigenvalue weighted by Crippen LogP contribution is 2.25. The summed E-state index contributed by atoms with van der Waals surface area (Å²) in [6, 6.07) is 6.88. The van der Waals surface area contributed by atoms with E-state index in [0.29, 0.717) is 36.8 Å². The first-order valence-electron chi connectivity index (χ1n) is 7.98. The molecule has 132 valence electrons. The van der Waals surface area contributed by atoms with Crippen molar-refractivity contribution in [1.82, 2.24) is 5.32 Å². The Morgan fingerprint density at radius 3 is 2.67 bits per heavy atom. The van der Waals surface area contributed by atoms with Crippen LogP contribution in [0.1, 0.15) is 19.8 Å². The molecule has 1 aliphatic heterocycles. The van der Waals surface area contributed by atoms with Gasteiger partial charge in [0.05, 0.1) is 10.9 Å². The Kier molecular flexibility index (Phi) is 6.87. The lowest BCUT2D eigenvalue weighted by atomic mass is 9.86. The van der Waals surface area contributed by atoms with Gasteiger partial charge in [0.25, 0.3) is 5.91 Å². The summed E-state index contributed by atoms with van der Waals surface area (Å²) in [5.41, 5.74) is 0. The van der Waals surface area contributed by atoms with Gasteiger partial charge >= 0.3 is 5.97 Å². The molecule has 0 aliphatic carbocycles. The SMILES string of the molecule is CC(Oc1ccccc1Cl)C(=O)NCC(C(=O)O)C1CCOCC1. The number of amides is 1. The molecule has 24 heavy (non-hydrogen) atoms. The lowest BCUT2D eigenvalue weighted by molar-refractivity contribution is -0.145. The number of hydrogen-bond donors (Lipinski definition) is 2. The fourth-order valence-electron chi connectivity index (χ4n) is 2.71. The molecule has 1 amide bonds. The number of carbonyl (C=O) groups excluding carboxylic acids is 1. The van der Waals surface area contributed by atoms with Crippen LogP contribution >= 0.6 is 11.6 Å². The molecule has 6 nitrogen and oxygen atoms in total. The Labute approximate surface area is 146 Å². The summed E-state index contributed by atoms with van der Waals surface area (Å²) in [5.74, 6) is -1.46. The second kappa shape index (κ2) is 8.89. The van der Waals surface area contributed by atoms with Gasteiger partial charge in [-0.1, -0.05) is 23.7 Å². The van der Waals surface area contributed by atoms with Crippen molar-refractivity contribution in [2.75, 3.05) is 19.8 Å². The van der Waals surface area contributed by atoms with Crippen LogP contribution in [0, 0.1) is 11.8 Å². The summed E-state index contributed by atoms with van der Waals surface area (Å²) in [7, 11) is 0. The average Bonchev–Trinajstić information content (AvgIpc) is 2.57. The first-order valence-corrected chi connectivity index (χ1v) is 8.36. The quantitative estimate of drug-likeness (QED) is 0.784. The summed E-state index contributed by atoms with van der Waals surface area (Å²) < 4.78 is 10.8. The van der Waals surface area contributed by atoms with E-state index in [1.807, 2.05) is 0 Å². The molecule has 1 saturated heterocycles. The van der Waals surface area contributed by atoms with Gasteiger partial charge in [0.2, 0.25) is 0 Å². The highest BCUT2D eigenvalue weighted by Gasteiger charge is 2.30. The van der Waals surface area contributed by atoms with E-state index in [1.54, 1.807) is 31.2 Å². The molecule has 2 atom stereocenters. The third kappa shape index (κ3) is 5.11. The van der Waals surface area contributed by atoms with Gasteiger partial charge in [-0.3, -0.25) is 9.59 Å². The molecule has 1 heterocycles. The number of carboxylic acid groups (broad SMARTS) is 1. The maximum absolute atomic E-state index is 12.2. The number of rotatable bonds is 7. The lowest BCUT2D eigenvalue weighted by Gasteiger charge is -2.28. The molecule has 2 rings (SSSR count). The summed E-state index contributed by atoms with van der Waals surface area (Å²) in [4.78, 5) is 23.6. The van der Waals surface area contributed by atoms with E-state index in [2.05, 4.69) is 5.32 Å². The van der Waals surface area contributed by atoms with E-state index in [-0.39, 0.29) is 18.4 Å². The van der Waals surface area contributed by atoms with E-state index in [9.17, 15) is 14.7 Å². The van der Waals surface area contributed by atoms with E-state index in [4.69, 9.17) is 21.1 Å². The molecule has 2 unspecified atom stereocenters. The first-order chi connectivity index (χ1) is 11.5. The van der Waals surface area contributed by atoms with E-state index in [0.717, 1.165) is 0 Å². The molecule has 1 aromatic rings. The molecular weight excluding hydrogens is 334 g/mol. The van der Waals surface area contributed by atoms with Crippen molar-refractivity contribution in [3.63, 3.8) is 0 Å². The molecule has 1 aliphatic rings. The third-order valence-electron chi connectivity index (χ3n) is 4.16. The Balaban J connectivity index is 1.88. The number of ether oxygens (including phenoxy) is 2. The van der Waals surface area contributed by atoms with Crippen molar-refractivity contribution in [1.29, 1.82) is 0 Å². The van der Waals surface area contributed by atoms with Crippen LogP contribution in [-0.4, -0.2) is 42.8 Å². The average molecular weight is 356 g/mol. The largest absolute Gasteiger partial charge is 0.481 e. The molecule has 0 aromatic heterocycles. The van der Waals surface area contributed by atoms with E-state index >= 15 is 0 Å². The van der Waals surface area contributed by atoms with Crippen molar-refractivity contribution in [2.24, 2.45) is 11.8 Å². The second-order valence-electron chi connectivity index (χ2n) is 5.83. The van der Waals surface area contributed by atoms with Gasteiger partial charge < -0.3 is 19.9 Å². The molecule has 0 spiro atoms. The highest BCUT2D eigenvalue weighted by atomic mass is 35.5. The Hall–Kier alpha value is -1.79. The summed E-state index contributed by atoms with van der Waals surface area (Å²) >= 11 is 6.00. The zero-order valence-corrected chi connectivity index (χ0v) is 14.3. The molecule has 1 aromatic carbocycles. The zero-order chi connectivity index (χ0) is 17.5. The number of para-hydroxylation sites is 1. The summed E-state index contributed by atoms with van der Waals surface area (Å²) in [5, 5.41) is 12.5. The summed E-state index contributed by atoms with van der Waals surface area (Å²) in [6.07, 6.45) is 0.617. The van der Waals surface area contributed by atoms with E-state index in [1.165, 1.54) is 0 Å². The van der Waals surface area contributed by atoms with Crippen molar-refractivity contribution < 1.29 is 24.2 Å². The van der Waals surface area contributed by atoms with Crippen LogP contribution in [0.2, 0.25) is 5.02 Å². The number of nitrogens with one attached hydrogen (secondary N) is 1. The topological polar surface area (TPSA) is 84.9 Å². The Morgan fingerprint density at radius 1 is 1.38 bits per heavy atom. The number of benzene rings is 1. The first kappa shape index (κ1) is 18.5. The lowest BCUT2D eigenvalue weighted by Crippen LogP contribution is -2.43. The fraction of sp³-hybridized carbons (Fsp3) is 0.529. The molecule has 0 bridgehead atoms. The smallest absolute Gasteiger partial charge is 0.308 e. The zero-order valence-electron chi connectivity index (χ0n) is 13.5. The molecule has 1 fully saturated rings. The molecule has 0 saturated carbocycles. The van der Waals surface area contributed by atoms with Gasteiger partial charge in [-0.25, -0.2) is 0 Å². The van der Waals surface area contributed by atoms with Crippen LogP contribution in [0.3, 0.4) is 0 Å². The summed E-state index contributed by atoms with van der Waals surface area (Å²) in [6.45, 7) is 2.81. The monoisotopic (exact) mass is 355 g/mol. The highest BCUT2D eigenvalue weighted by molar-refractivity contribution is 6.32. The molecule has 2 N–H and O–H groups in total. The Morgan fingerprint density at radius 2 is 2.04 bits per heavy atom. The minimum absolute atomic E-state index is 0.0105. The standard InChI is InChI=1S/C17H22ClNO5/c1-11(24-15-5-3-2-4-14(15)18)16(20)19-10-13(17(21)22)12-6-8-23-9-7-12/h2-5,11-13H,6-10H2,1H3,(H,19,20)(H,21,22). The van der Waals surface area contributed by atoms with Crippen LogP contribution in [-0.2, 0) is 14.3 Å². The van der Waals surface area contributed by atoms with Crippen molar-refractivity contribution in [2.45, 2.75) is 25.9 Å². The van der Waals surface area contributed by atoms with Crippen LogP contribution in [0.25, 0.3) is 0 Å². The van der Waals surface area contributed by atoms with Gasteiger partial charge in [0.15, 0.2) is 6.10 Å². The van der Waals surface area contributed by atoms with E-state index < -0.39 is 18.0 Å². The number of hydrogen-bond acceptors (Lipinski definition) is 4. The normalized spacial score (nSPS) is 17.8. The maximum Gasteiger partial charge on any atom is 0.308 e. The fourth-order valence-corrected chi connectivity index (χ4v) is 2.89. The minimum Gasteiger partial charge on any atom is -0.481 e. The molecular formula is C17H22ClNO5. The van der Waals surface area contributed by atoms with Crippen LogP contribution in [0.15, 0.2) is 24.3 Å². The van der Waals surface area contributed by atoms with Gasteiger partial charge in [-0.15, -0.1) is 0 Å². The van der Waals surface area contributed by atoms with Gasteiger partial charge in [0.1, 0.15) is 5.75 Å². The van der Waals surface area contributed by atoms with Crippen molar-refractivity contribution >= 4 is 23.5 Å². The number of aliphatic carboxylic acids is 1. The number of carbonyl (C=O) groups is 2. The third-order valence-corrected chi connectivity index (χ3v) is 4.47. The molecule has 7 heteroatoms. The predicted molar refractivity (Wildman–Crippen MR) is 89.2 cm³/mol. The number of halogens is 1.